The van der Waals surface area contributed by atoms with Gasteiger partial charge in [0.05, 0.1) is 12.0 Å². The van der Waals surface area contributed by atoms with Gasteiger partial charge in [0.25, 0.3) is 0 Å². The molecule has 34 heavy (non-hydrogen) atoms. The van der Waals surface area contributed by atoms with Crippen LogP contribution in [-0.2, 0) is 20.9 Å². The number of hydrogen-bond acceptors (Lipinski definition) is 9. The molecule has 0 radical (unpaired) electrons. The van der Waals surface area contributed by atoms with E-state index in [2.05, 4.69) is 31.5 Å². The quantitative estimate of drug-likeness (QED) is 0.125. The van der Waals surface area contributed by atoms with E-state index in [9.17, 15) is 19.5 Å². The van der Waals surface area contributed by atoms with Gasteiger partial charge in [-0.15, -0.1) is 16.9 Å². The fourth-order valence-corrected chi connectivity index (χ4v) is 6.44. The lowest BCUT2D eigenvalue weighted by Crippen LogP contribution is -2.66. The summed E-state index contributed by atoms with van der Waals surface area (Å²) in [5, 5.41) is 36.9. The second-order valence-corrected chi connectivity index (χ2v) is 10.1. The normalized spacial score (nSPS) is 28.9. The van der Waals surface area contributed by atoms with E-state index in [1.54, 1.807) is 6.92 Å². The number of fused-ring (bicyclic) bond motifs is 1. The Hall–Kier alpha value is -3.20. The van der Waals surface area contributed by atoms with Crippen LogP contribution < -0.4 is 21.7 Å². The molecule has 0 saturated carbocycles. The maximum Gasteiger partial charge on any atom is 0.353 e. The number of tetrazole rings is 1. The van der Waals surface area contributed by atoms with E-state index in [1.807, 2.05) is 6.92 Å². The third-order valence-electron chi connectivity index (χ3n) is 6.43. The fraction of sp³-hybridized carbons (Fsp3) is 0.632. The molecule has 0 spiro atoms. The summed E-state index contributed by atoms with van der Waals surface area (Å²) in [5.41, 5.74) is 5.39. The van der Waals surface area contributed by atoms with Crippen molar-refractivity contribution in [1.29, 1.82) is 5.41 Å². The highest BCUT2D eigenvalue weighted by Crippen LogP contribution is 2.51. The van der Waals surface area contributed by atoms with Gasteiger partial charge in [0.1, 0.15) is 18.6 Å². The summed E-state index contributed by atoms with van der Waals surface area (Å²) in [6.07, 6.45) is 2.10. The first kappa shape index (κ1) is 23.9. The van der Waals surface area contributed by atoms with Crippen LogP contribution in [0.3, 0.4) is 0 Å². The van der Waals surface area contributed by atoms with E-state index in [-0.39, 0.29) is 53.3 Å². The number of aliphatic carboxylic acids is 1. The molecule has 4 heterocycles. The maximum absolute atomic E-state index is 13.0. The largest absolute Gasteiger partial charge is 0.477 e. The van der Waals surface area contributed by atoms with Gasteiger partial charge in [-0.25, -0.2) is 9.48 Å². The summed E-state index contributed by atoms with van der Waals surface area (Å²) in [6, 6.07) is -0.683. The highest BCUT2D eigenvalue weighted by atomic mass is 32.2. The standard InChI is InChI=1S/C19H28N10O4S/c1-8-14-13(9(2)25-12(30)6-28-7-24-26-27-28)17(31)29(14)15(18(32)33)16(8)34-11-3-10(22-5-11)4-23-19(20)21/h7-11,13-14,22H,3-6H2,1-2H3,(H,25,30)(H,32,33)(H4,20,21,23)/t8-,9-,10+,11+,13-,14-/m1/s1. The van der Waals surface area contributed by atoms with Gasteiger partial charge in [0.15, 0.2) is 5.96 Å². The van der Waals surface area contributed by atoms with Crippen LogP contribution in [0.4, 0.5) is 0 Å². The lowest BCUT2D eigenvalue weighted by molar-refractivity contribution is -0.158. The summed E-state index contributed by atoms with van der Waals surface area (Å²) in [6.45, 7) is 4.81. The molecule has 0 unspecified atom stereocenters. The molecule has 14 nitrogen and oxygen atoms in total. The van der Waals surface area contributed by atoms with Crippen LogP contribution in [-0.4, -0.2) is 90.4 Å². The molecule has 6 atom stereocenters. The van der Waals surface area contributed by atoms with Crippen molar-refractivity contribution in [2.75, 3.05) is 13.1 Å². The molecule has 2 amide bonds. The number of aromatic nitrogens is 4. The molecule has 1 aromatic heterocycles. The molecule has 1 aromatic rings. The fourth-order valence-electron chi connectivity index (χ4n) is 4.93. The zero-order chi connectivity index (χ0) is 24.6. The summed E-state index contributed by atoms with van der Waals surface area (Å²) in [4.78, 5) is 39.5. The molecule has 4 rings (SSSR count). The Kier molecular flexibility index (Phi) is 6.74. The minimum absolute atomic E-state index is 0.0428. The smallest absolute Gasteiger partial charge is 0.353 e. The molecule has 3 aliphatic heterocycles. The molecule has 3 aliphatic rings. The minimum atomic E-state index is -1.13. The average molecular weight is 493 g/mol. The first-order valence-corrected chi connectivity index (χ1v) is 11.8. The molecule has 7 N–H and O–H groups in total. The number of guanidine groups is 1. The lowest BCUT2D eigenvalue weighted by Gasteiger charge is -2.47. The Morgan fingerprint density at radius 2 is 2.24 bits per heavy atom. The number of nitrogens with two attached hydrogens (primary N) is 1. The average Bonchev–Trinajstić information content (AvgIpc) is 3.47. The number of carboxylic acids is 1. The van der Waals surface area contributed by atoms with E-state index in [0.29, 0.717) is 18.0 Å². The van der Waals surface area contributed by atoms with E-state index >= 15 is 0 Å². The van der Waals surface area contributed by atoms with Gasteiger partial charge in [-0.2, -0.15) is 0 Å². The van der Waals surface area contributed by atoms with Crippen LogP contribution in [0.1, 0.15) is 20.3 Å². The Morgan fingerprint density at radius 1 is 1.47 bits per heavy atom. The van der Waals surface area contributed by atoms with Crippen LogP contribution in [0.2, 0.25) is 0 Å². The van der Waals surface area contributed by atoms with Crippen LogP contribution in [0.25, 0.3) is 0 Å². The van der Waals surface area contributed by atoms with E-state index in [4.69, 9.17) is 11.1 Å². The summed E-state index contributed by atoms with van der Waals surface area (Å²) in [5.74, 6) is -2.54. The third kappa shape index (κ3) is 4.57. The number of β-lactam (4-membered cyclic amide) rings is 1. The first-order valence-electron chi connectivity index (χ1n) is 11.0. The van der Waals surface area contributed by atoms with Gasteiger partial charge in [-0.3, -0.25) is 15.0 Å². The van der Waals surface area contributed by atoms with Crippen molar-refractivity contribution in [3.63, 3.8) is 0 Å². The monoisotopic (exact) mass is 492 g/mol. The molecule has 0 bridgehead atoms. The lowest BCUT2D eigenvalue weighted by atomic mass is 9.78. The number of thioether (sulfide) groups is 1. The van der Waals surface area contributed by atoms with Gasteiger partial charge in [0, 0.05) is 41.2 Å². The van der Waals surface area contributed by atoms with Crippen molar-refractivity contribution in [3.05, 3.63) is 16.9 Å². The zero-order valence-corrected chi connectivity index (χ0v) is 19.6. The molecule has 0 aromatic carbocycles. The number of carbonyl (C=O) groups excluding carboxylic acids is 2. The Balaban J connectivity index is 1.41. The topological polar surface area (TPSA) is 204 Å². The molecule has 0 aliphatic carbocycles. The van der Waals surface area contributed by atoms with E-state index in [0.717, 1.165) is 6.42 Å². The molecule has 15 heteroatoms. The van der Waals surface area contributed by atoms with Crippen molar-refractivity contribution in [3.8, 4) is 0 Å². The third-order valence-corrected chi connectivity index (χ3v) is 7.94. The highest BCUT2D eigenvalue weighted by molar-refractivity contribution is 8.03. The predicted octanol–water partition coefficient (Wildman–Crippen LogP) is -2.10. The van der Waals surface area contributed by atoms with E-state index in [1.165, 1.54) is 27.7 Å². The molecule has 2 saturated heterocycles. The summed E-state index contributed by atoms with van der Waals surface area (Å²) < 4.78 is 1.28. The maximum atomic E-state index is 13.0. The number of carbonyl (C=O) groups is 3. The van der Waals surface area contributed by atoms with Gasteiger partial charge < -0.3 is 31.7 Å². The number of nitrogens with one attached hydrogen (secondary N) is 4. The van der Waals surface area contributed by atoms with Crippen molar-refractivity contribution in [1.82, 2.24) is 41.1 Å². The van der Waals surface area contributed by atoms with Crippen LogP contribution >= 0.6 is 11.8 Å². The highest BCUT2D eigenvalue weighted by Gasteiger charge is 2.60. The van der Waals surface area contributed by atoms with Gasteiger partial charge in [-0.1, -0.05) is 6.92 Å². The van der Waals surface area contributed by atoms with Gasteiger partial charge in [-0.05, 0) is 23.8 Å². The zero-order valence-electron chi connectivity index (χ0n) is 18.8. The Morgan fingerprint density at radius 3 is 2.88 bits per heavy atom. The molecule has 2 fully saturated rings. The van der Waals surface area contributed by atoms with Crippen molar-refractivity contribution >= 4 is 35.5 Å². The van der Waals surface area contributed by atoms with Crippen LogP contribution in [0, 0.1) is 17.2 Å². The predicted molar refractivity (Wildman–Crippen MR) is 121 cm³/mol. The number of hydrogen-bond donors (Lipinski definition) is 6. The second-order valence-electron chi connectivity index (χ2n) is 8.77. The minimum Gasteiger partial charge on any atom is -0.477 e. The summed E-state index contributed by atoms with van der Waals surface area (Å²) in [7, 11) is 0. The Bertz CT molecular complexity index is 1010. The van der Waals surface area contributed by atoms with Gasteiger partial charge >= 0.3 is 5.97 Å². The van der Waals surface area contributed by atoms with Crippen molar-refractivity contribution < 1.29 is 19.5 Å². The Labute approximate surface area is 199 Å². The molecule has 184 valence electrons. The summed E-state index contributed by atoms with van der Waals surface area (Å²) >= 11 is 1.49. The molecular weight excluding hydrogens is 464 g/mol. The van der Waals surface area contributed by atoms with Crippen molar-refractivity contribution in [2.45, 2.75) is 50.2 Å². The molecular formula is C19H28N10O4S. The van der Waals surface area contributed by atoms with E-state index < -0.39 is 17.9 Å². The number of amides is 2. The van der Waals surface area contributed by atoms with Gasteiger partial charge in [0.2, 0.25) is 11.8 Å². The number of carboxylic acid groups (broad SMARTS) is 1. The van der Waals surface area contributed by atoms with Crippen LogP contribution in [0.15, 0.2) is 16.9 Å². The SMILES string of the molecule is C[C@@H](NC(=O)Cn1cnnn1)[C@H]1C(=O)N2C(C(=O)O)=C(S[C@@H]3CN[C@H](CNC(=N)N)C3)[C@H](C)[C@H]12. The number of nitrogens with zero attached hydrogens (tertiary/aromatic N) is 5. The first-order chi connectivity index (χ1) is 16.2. The number of rotatable bonds is 9. The van der Waals surface area contributed by atoms with Crippen molar-refractivity contribution in [2.24, 2.45) is 17.6 Å². The van der Waals surface area contributed by atoms with Crippen LogP contribution in [0.5, 0.6) is 0 Å². The second kappa shape index (κ2) is 9.58.